The van der Waals surface area contributed by atoms with Gasteiger partial charge >= 0.3 is 0 Å². The quantitative estimate of drug-likeness (QED) is 0.754. The Morgan fingerprint density at radius 2 is 2.20 bits per heavy atom. The van der Waals surface area contributed by atoms with Gasteiger partial charge in [0.05, 0.1) is 0 Å². The molecule has 2 aromatic rings. The van der Waals surface area contributed by atoms with Crippen LogP contribution in [-0.2, 0) is 13.5 Å². The number of aromatic nitrogens is 2. The van der Waals surface area contributed by atoms with Gasteiger partial charge in [0.1, 0.15) is 5.82 Å². The van der Waals surface area contributed by atoms with Crippen molar-refractivity contribution < 1.29 is 0 Å². The van der Waals surface area contributed by atoms with Crippen LogP contribution in [-0.4, -0.2) is 9.55 Å². The Morgan fingerprint density at radius 1 is 1.40 bits per heavy atom. The van der Waals surface area contributed by atoms with E-state index in [1.807, 2.05) is 30.8 Å². The van der Waals surface area contributed by atoms with Crippen LogP contribution in [0.1, 0.15) is 17.0 Å². The summed E-state index contributed by atoms with van der Waals surface area (Å²) in [5, 5.41) is 0. The molecule has 78 valence electrons. The molecule has 1 aromatic heterocycles. The summed E-state index contributed by atoms with van der Waals surface area (Å²) in [7, 11) is 1.99. The molecule has 15 heavy (non-hydrogen) atoms. The Hall–Kier alpha value is -1.77. The minimum atomic E-state index is 0.787. The van der Waals surface area contributed by atoms with Crippen molar-refractivity contribution in [2.75, 3.05) is 5.73 Å². The largest absolute Gasteiger partial charge is 0.398 e. The van der Waals surface area contributed by atoms with Crippen LogP contribution in [0.4, 0.5) is 5.69 Å². The van der Waals surface area contributed by atoms with E-state index in [1.165, 1.54) is 5.56 Å². The summed E-state index contributed by atoms with van der Waals surface area (Å²) in [6.45, 7) is 2.04. The number of aryl methyl sites for hydroxylation is 2. The van der Waals surface area contributed by atoms with Gasteiger partial charge in [0.2, 0.25) is 0 Å². The predicted molar refractivity (Wildman–Crippen MR) is 61.6 cm³/mol. The summed E-state index contributed by atoms with van der Waals surface area (Å²) in [4.78, 5) is 4.28. The fourth-order valence-corrected chi connectivity index (χ4v) is 1.61. The van der Waals surface area contributed by atoms with E-state index in [4.69, 9.17) is 5.73 Å². The lowest BCUT2D eigenvalue weighted by Gasteiger charge is -2.06. The fraction of sp³-hybridized carbons (Fsp3) is 0.250. The number of benzene rings is 1. The van der Waals surface area contributed by atoms with Crippen LogP contribution < -0.4 is 5.73 Å². The molecule has 0 spiro atoms. The first-order valence-electron chi connectivity index (χ1n) is 4.98. The Balaban J connectivity index is 2.29. The number of imidazole rings is 1. The maximum Gasteiger partial charge on any atom is 0.112 e. The summed E-state index contributed by atoms with van der Waals surface area (Å²) in [6.07, 6.45) is 4.54. The molecular formula is C12H15N3. The van der Waals surface area contributed by atoms with Crippen LogP contribution in [0, 0.1) is 6.92 Å². The lowest BCUT2D eigenvalue weighted by Crippen LogP contribution is -2.01. The lowest BCUT2D eigenvalue weighted by molar-refractivity contribution is 0.822. The van der Waals surface area contributed by atoms with E-state index in [2.05, 4.69) is 17.1 Å². The van der Waals surface area contributed by atoms with E-state index in [9.17, 15) is 0 Å². The first-order chi connectivity index (χ1) is 7.16. The van der Waals surface area contributed by atoms with Crippen LogP contribution in [0.15, 0.2) is 30.6 Å². The Bertz CT molecular complexity index is 471. The van der Waals surface area contributed by atoms with E-state index in [0.717, 1.165) is 23.5 Å². The maximum atomic E-state index is 5.95. The molecule has 2 rings (SSSR count). The molecule has 0 saturated heterocycles. The third-order valence-electron chi connectivity index (χ3n) is 2.57. The SMILES string of the molecule is Cc1ccc(Cc2nccn2C)c(N)c1. The minimum Gasteiger partial charge on any atom is -0.398 e. The number of hydrogen-bond donors (Lipinski definition) is 1. The fourth-order valence-electron chi connectivity index (χ4n) is 1.61. The normalized spacial score (nSPS) is 10.5. The molecular weight excluding hydrogens is 186 g/mol. The highest BCUT2D eigenvalue weighted by Crippen LogP contribution is 2.16. The van der Waals surface area contributed by atoms with Gasteiger partial charge in [-0.2, -0.15) is 0 Å². The van der Waals surface area contributed by atoms with Crippen molar-refractivity contribution in [3.05, 3.63) is 47.5 Å². The molecule has 1 heterocycles. The van der Waals surface area contributed by atoms with E-state index < -0.39 is 0 Å². The second-order valence-electron chi connectivity index (χ2n) is 3.83. The predicted octanol–water partition coefficient (Wildman–Crippen LogP) is 1.90. The van der Waals surface area contributed by atoms with Gasteiger partial charge < -0.3 is 10.3 Å². The van der Waals surface area contributed by atoms with Gasteiger partial charge in [-0.05, 0) is 24.1 Å². The molecule has 0 radical (unpaired) electrons. The van der Waals surface area contributed by atoms with Gasteiger partial charge in [-0.1, -0.05) is 12.1 Å². The Morgan fingerprint density at radius 3 is 2.80 bits per heavy atom. The Kier molecular flexibility index (Phi) is 2.46. The average molecular weight is 201 g/mol. The van der Waals surface area contributed by atoms with Crippen LogP contribution in [0.2, 0.25) is 0 Å². The molecule has 1 aromatic carbocycles. The zero-order valence-electron chi connectivity index (χ0n) is 9.07. The molecule has 0 atom stereocenters. The summed E-state index contributed by atoms with van der Waals surface area (Å²) < 4.78 is 2.01. The van der Waals surface area contributed by atoms with Crippen molar-refractivity contribution in [3.8, 4) is 0 Å². The van der Waals surface area contributed by atoms with E-state index >= 15 is 0 Å². The number of nitrogen functional groups attached to an aromatic ring is 1. The van der Waals surface area contributed by atoms with E-state index in [-0.39, 0.29) is 0 Å². The van der Waals surface area contributed by atoms with Gasteiger partial charge in [0, 0.05) is 31.5 Å². The van der Waals surface area contributed by atoms with Gasteiger partial charge in [-0.25, -0.2) is 4.98 Å². The second kappa shape index (κ2) is 3.77. The molecule has 0 bridgehead atoms. The van der Waals surface area contributed by atoms with Crippen molar-refractivity contribution >= 4 is 5.69 Å². The molecule has 0 fully saturated rings. The highest BCUT2D eigenvalue weighted by atomic mass is 15.0. The third kappa shape index (κ3) is 2.01. The molecule has 0 saturated carbocycles. The standard InChI is InChI=1S/C12H15N3/c1-9-3-4-10(11(13)7-9)8-12-14-5-6-15(12)2/h3-7H,8,13H2,1-2H3. The van der Waals surface area contributed by atoms with Crippen molar-refractivity contribution in [2.24, 2.45) is 7.05 Å². The van der Waals surface area contributed by atoms with Crippen LogP contribution in [0.3, 0.4) is 0 Å². The number of anilines is 1. The molecule has 3 heteroatoms. The van der Waals surface area contributed by atoms with Crippen molar-refractivity contribution in [2.45, 2.75) is 13.3 Å². The highest BCUT2D eigenvalue weighted by molar-refractivity contribution is 5.50. The van der Waals surface area contributed by atoms with Crippen molar-refractivity contribution in [3.63, 3.8) is 0 Å². The smallest absolute Gasteiger partial charge is 0.112 e. The van der Waals surface area contributed by atoms with Crippen molar-refractivity contribution in [1.82, 2.24) is 9.55 Å². The zero-order valence-corrected chi connectivity index (χ0v) is 9.07. The van der Waals surface area contributed by atoms with E-state index in [1.54, 1.807) is 6.20 Å². The molecule has 0 aliphatic rings. The van der Waals surface area contributed by atoms with Crippen LogP contribution >= 0.6 is 0 Å². The van der Waals surface area contributed by atoms with E-state index in [0.29, 0.717) is 0 Å². The second-order valence-corrected chi connectivity index (χ2v) is 3.83. The summed E-state index contributed by atoms with van der Waals surface area (Å²) in [6, 6.07) is 6.15. The molecule has 0 aliphatic carbocycles. The number of hydrogen-bond acceptors (Lipinski definition) is 2. The topological polar surface area (TPSA) is 43.8 Å². The first kappa shape index (κ1) is 9.77. The van der Waals surface area contributed by atoms with Gasteiger partial charge in [0.15, 0.2) is 0 Å². The maximum absolute atomic E-state index is 5.95. The molecule has 0 aliphatic heterocycles. The van der Waals surface area contributed by atoms with Crippen LogP contribution in [0.5, 0.6) is 0 Å². The molecule has 0 amide bonds. The monoisotopic (exact) mass is 201 g/mol. The van der Waals surface area contributed by atoms with Gasteiger partial charge in [-0.3, -0.25) is 0 Å². The van der Waals surface area contributed by atoms with Gasteiger partial charge in [0.25, 0.3) is 0 Å². The zero-order chi connectivity index (χ0) is 10.8. The lowest BCUT2D eigenvalue weighted by atomic mass is 10.1. The van der Waals surface area contributed by atoms with Crippen molar-refractivity contribution in [1.29, 1.82) is 0 Å². The van der Waals surface area contributed by atoms with Gasteiger partial charge in [-0.15, -0.1) is 0 Å². The summed E-state index contributed by atoms with van der Waals surface area (Å²) in [5.74, 6) is 1.03. The number of nitrogens with zero attached hydrogens (tertiary/aromatic N) is 2. The number of rotatable bonds is 2. The highest BCUT2D eigenvalue weighted by Gasteiger charge is 2.04. The Labute approximate surface area is 89.6 Å². The molecule has 2 N–H and O–H groups in total. The number of nitrogens with two attached hydrogens (primary N) is 1. The first-order valence-corrected chi connectivity index (χ1v) is 4.98. The minimum absolute atomic E-state index is 0.787. The van der Waals surface area contributed by atoms with Crippen LogP contribution in [0.25, 0.3) is 0 Å². The molecule has 3 nitrogen and oxygen atoms in total. The summed E-state index contributed by atoms with van der Waals surface area (Å²) >= 11 is 0. The average Bonchev–Trinajstić information content (AvgIpc) is 2.57. The molecule has 0 unspecified atom stereocenters. The summed E-state index contributed by atoms with van der Waals surface area (Å²) in [5.41, 5.74) is 9.12. The third-order valence-corrected chi connectivity index (χ3v) is 2.57.